The van der Waals surface area contributed by atoms with Crippen molar-refractivity contribution >= 4 is 29.6 Å². The number of hydrogen-bond donors (Lipinski definition) is 5. The van der Waals surface area contributed by atoms with Gasteiger partial charge in [0.2, 0.25) is 0 Å². The molecule has 0 aromatic heterocycles. The predicted octanol–water partition coefficient (Wildman–Crippen LogP) is 3.19. The summed E-state index contributed by atoms with van der Waals surface area (Å²) < 4.78 is 22.2. The van der Waals surface area contributed by atoms with Gasteiger partial charge in [-0.05, 0) is 89.4 Å². The van der Waals surface area contributed by atoms with E-state index in [1.54, 1.807) is 12.1 Å². The van der Waals surface area contributed by atoms with E-state index in [0.29, 0.717) is 48.7 Å². The second-order valence-electron chi connectivity index (χ2n) is 15.7. The van der Waals surface area contributed by atoms with Gasteiger partial charge in [-0.25, -0.2) is 4.99 Å². The highest BCUT2D eigenvalue weighted by atomic mass is 16.5. The molecule has 2 aromatic carbocycles. The smallest absolute Gasteiger partial charge is 0.255 e. The normalized spacial score (nSPS) is 20.8. The number of nitrogens with one attached hydrogen (secondary N) is 5. The number of amides is 4. The molecule has 1 aliphatic heterocycles. The third-order valence-electron chi connectivity index (χ3n) is 11.2. The van der Waals surface area contributed by atoms with Crippen molar-refractivity contribution in [3.8, 4) is 23.0 Å². The lowest BCUT2D eigenvalue weighted by atomic mass is 9.90. The Hall–Kier alpha value is -5.25. The molecule has 0 unspecified atom stereocenters. The lowest BCUT2D eigenvalue weighted by Gasteiger charge is -2.30. The summed E-state index contributed by atoms with van der Waals surface area (Å²) in [4.78, 5) is 63.3. The molecule has 0 bridgehead atoms. The van der Waals surface area contributed by atoms with Crippen LogP contribution < -0.4 is 45.5 Å². The summed E-state index contributed by atoms with van der Waals surface area (Å²) in [6.07, 6.45) is 7.37. The highest BCUT2D eigenvalue weighted by Gasteiger charge is 2.30. The van der Waals surface area contributed by atoms with Crippen LogP contribution in [0, 0.1) is 0 Å². The van der Waals surface area contributed by atoms with E-state index in [0.717, 1.165) is 57.6 Å². The topological polar surface area (TPSA) is 184 Å². The zero-order valence-corrected chi connectivity index (χ0v) is 35.3. The van der Waals surface area contributed by atoms with Crippen molar-refractivity contribution in [1.82, 2.24) is 36.4 Å². The number of benzene rings is 2. The molecular formula is C42H62N8O8. The molecular weight excluding hydrogens is 745 g/mol. The first-order valence-corrected chi connectivity index (χ1v) is 20.2. The Kier molecular flexibility index (Phi) is 15.5. The molecule has 5 N–H and O–H groups in total. The van der Waals surface area contributed by atoms with E-state index in [1.165, 1.54) is 40.6 Å². The lowest BCUT2D eigenvalue weighted by molar-refractivity contribution is 0.0886. The van der Waals surface area contributed by atoms with E-state index in [-0.39, 0.29) is 76.1 Å². The number of aliphatic imine (C=N–C) groups is 1. The third-order valence-corrected chi connectivity index (χ3v) is 11.2. The number of carbonyl (C=O) groups is 4. The molecule has 0 atom stereocenters. The fraction of sp³-hybridized carbons (Fsp3) is 0.595. The van der Waals surface area contributed by atoms with Crippen LogP contribution in [0.5, 0.6) is 23.0 Å². The molecule has 2 aliphatic carbocycles. The van der Waals surface area contributed by atoms with Crippen molar-refractivity contribution in [2.45, 2.75) is 94.4 Å². The molecule has 3 aliphatic rings. The van der Waals surface area contributed by atoms with Crippen LogP contribution >= 0.6 is 0 Å². The summed E-state index contributed by atoms with van der Waals surface area (Å²) in [7, 11) is 13.8. The Balaban J connectivity index is 1.18. The first kappa shape index (κ1) is 43.9. The summed E-state index contributed by atoms with van der Waals surface area (Å²) in [6.45, 7) is 1.65. The van der Waals surface area contributed by atoms with Crippen molar-refractivity contribution in [3.05, 3.63) is 46.5 Å². The highest BCUT2D eigenvalue weighted by Crippen LogP contribution is 2.32. The van der Waals surface area contributed by atoms with Gasteiger partial charge in [-0.2, -0.15) is 0 Å². The van der Waals surface area contributed by atoms with Crippen molar-refractivity contribution in [1.29, 1.82) is 0 Å². The van der Waals surface area contributed by atoms with E-state index in [4.69, 9.17) is 23.9 Å². The maximum atomic E-state index is 13.7. The average Bonchev–Trinajstić information content (AvgIpc) is 3.22. The maximum absolute atomic E-state index is 13.7. The molecule has 3 fully saturated rings. The van der Waals surface area contributed by atoms with E-state index in [2.05, 4.69) is 26.6 Å². The van der Waals surface area contributed by atoms with Crippen LogP contribution in [0.1, 0.15) is 106 Å². The van der Waals surface area contributed by atoms with Gasteiger partial charge < -0.3 is 55.3 Å². The number of rotatable bonds is 13. The van der Waals surface area contributed by atoms with E-state index < -0.39 is 0 Å². The molecule has 58 heavy (non-hydrogen) atoms. The van der Waals surface area contributed by atoms with Crippen LogP contribution in [0.4, 0.5) is 0 Å². The van der Waals surface area contributed by atoms with Gasteiger partial charge in [-0.1, -0.05) is 0 Å². The Morgan fingerprint density at radius 1 is 0.500 bits per heavy atom. The third kappa shape index (κ3) is 11.0. The van der Waals surface area contributed by atoms with Crippen LogP contribution in [-0.2, 0) is 0 Å². The first-order chi connectivity index (χ1) is 27.8. The van der Waals surface area contributed by atoms with E-state index in [1.807, 2.05) is 38.0 Å². The highest BCUT2D eigenvalue weighted by molar-refractivity contribution is 6.04. The van der Waals surface area contributed by atoms with Gasteiger partial charge in [-0.15, -0.1) is 0 Å². The Morgan fingerprint density at radius 2 is 0.793 bits per heavy atom. The second kappa shape index (κ2) is 20.4. The van der Waals surface area contributed by atoms with Gasteiger partial charge in [0.25, 0.3) is 23.6 Å². The van der Waals surface area contributed by atoms with Crippen molar-refractivity contribution in [2.24, 2.45) is 4.99 Å². The number of methoxy groups -OCH3 is 4. The minimum Gasteiger partial charge on any atom is -0.496 e. The van der Waals surface area contributed by atoms with Gasteiger partial charge in [0.05, 0.1) is 56.7 Å². The number of hydrogen-bond acceptors (Lipinski definition) is 10. The molecule has 318 valence electrons. The van der Waals surface area contributed by atoms with Crippen LogP contribution in [0.3, 0.4) is 0 Å². The molecule has 16 nitrogen and oxygen atoms in total. The van der Waals surface area contributed by atoms with Crippen molar-refractivity contribution in [2.75, 3.05) is 69.7 Å². The second-order valence-corrected chi connectivity index (χ2v) is 15.7. The minimum absolute atomic E-state index is 0.0302. The Morgan fingerprint density at radius 3 is 1.09 bits per heavy atom. The summed E-state index contributed by atoms with van der Waals surface area (Å²) in [5.41, 5.74) is 0.984. The monoisotopic (exact) mass is 806 g/mol. The number of guanidine groups is 1. The predicted molar refractivity (Wildman–Crippen MR) is 222 cm³/mol. The molecule has 0 radical (unpaired) electrons. The van der Waals surface area contributed by atoms with E-state index >= 15 is 0 Å². The van der Waals surface area contributed by atoms with Gasteiger partial charge in [0, 0.05) is 64.5 Å². The molecule has 2 saturated carbocycles. The number of carbonyl (C=O) groups excluding carboxylic acids is 4. The quantitative estimate of drug-likeness (QED) is 0.148. The molecule has 1 saturated heterocycles. The molecule has 0 spiro atoms. The fourth-order valence-electron chi connectivity index (χ4n) is 8.05. The number of nitrogens with zero attached hydrogens (tertiary/aromatic N) is 3. The molecule has 4 amide bonds. The number of piperidine rings is 1. The van der Waals surface area contributed by atoms with Crippen molar-refractivity contribution < 1.29 is 38.1 Å². The van der Waals surface area contributed by atoms with Gasteiger partial charge in [-0.3, -0.25) is 19.2 Å². The molecule has 16 heteroatoms. The maximum Gasteiger partial charge on any atom is 0.255 e. The summed E-state index contributed by atoms with van der Waals surface area (Å²) in [5.74, 6) is 0.785. The summed E-state index contributed by atoms with van der Waals surface area (Å²) in [6, 6.07) is 6.06. The van der Waals surface area contributed by atoms with E-state index in [9.17, 15) is 19.2 Å². The minimum atomic E-state index is -0.365. The Bertz CT molecular complexity index is 1790. The fourth-order valence-corrected chi connectivity index (χ4v) is 8.05. The average molecular weight is 807 g/mol. The molecule has 1 heterocycles. The lowest BCUT2D eigenvalue weighted by Crippen LogP contribution is -2.44. The van der Waals surface area contributed by atoms with Crippen LogP contribution in [-0.4, -0.2) is 139 Å². The standard InChI is InChI=1S/C42H62N8O8/c1-49(2)42(50(3)4)48-28-15-13-27(14-16-28)46-40(53)31-21-30(34(55-5)23-35(31)56-6)38(51)44-25-9-11-26(12-10-25)45-39(52)32-22-33(37(58-8)24-36(32)57-7)41(54)47-29-17-19-43-20-18-29/h21-29,43H,9-20H2,1-8H3,(H,44,51)(H,45,52)(H,46,53)(H,47,54). The Labute approximate surface area is 342 Å². The van der Waals surface area contributed by atoms with Gasteiger partial charge in [0.1, 0.15) is 23.0 Å². The van der Waals surface area contributed by atoms with Crippen molar-refractivity contribution in [3.63, 3.8) is 0 Å². The SMILES string of the molecule is COc1cc(OC)c(C(=O)NC2CCC(NC(=O)c3cc(C(=O)NC4CCC(N=C(N(C)C)N(C)C)CC4)c(OC)cc3OC)CC2)cc1C(=O)NC1CCNCC1. The van der Waals surface area contributed by atoms with Crippen LogP contribution in [0.25, 0.3) is 0 Å². The van der Waals surface area contributed by atoms with Gasteiger partial charge >= 0.3 is 0 Å². The molecule has 2 aromatic rings. The largest absolute Gasteiger partial charge is 0.496 e. The van der Waals surface area contributed by atoms with Crippen LogP contribution in [0.15, 0.2) is 29.3 Å². The first-order valence-electron chi connectivity index (χ1n) is 20.2. The molecule has 5 rings (SSSR count). The number of ether oxygens (including phenoxy) is 4. The summed E-state index contributed by atoms with van der Waals surface area (Å²) in [5, 5.41) is 15.7. The van der Waals surface area contributed by atoms with Crippen LogP contribution in [0.2, 0.25) is 0 Å². The summed E-state index contributed by atoms with van der Waals surface area (Å²) >= 11 is 0. The zero-order valence-electron chi connectivity index (χ0n) is 35.3. The van der Waals surface area contributed by atoms with Gasteiger partial charge in [0.15, 0.2) is 5.96 Å². The zero-order chi connectivity index (χ0) is 41.9.